The average molecular weight is 813 g/mol. The molecule has 6 heteroatoms. The van der Waals surface area contributed by atoms with E-state index in [-0.39, 0.29) is 31.1 Å². The maximum Gasteiger partial charge on any atom is 0.306 e. The molecule has 1 unspecified atom stereocenters. The minimum atomic E-state index is -0.772. The second kappa shape index (κ2) is 47.1. The summed E-state index contributed by atoms with van der Waals surface area (Å²) in [6, 6.07) is 0. The third-order valence-corrected chi connectivity index (χ3v) is 10.6. The van der Waals surface area contributed by atoms with Crippen molar-refractivity contribution in [2.24, 2.45) is 0 Å². The highest BCUT2D eigenvalue weighted by atomic mass is 16.6. The van der Waals surface area contributed by atoms with E-state index in [1.165, 1.54) is 116 Å². The van der Waals surface area contributed by atoms with Gasteiger partial charge in [0.1, 0.15) is 13.2 Å². The van der Waals surface area contributed by atoms with Crippen molar-refractivity contribution in [2.75, 3.05) is 13.2 Å². The first-order valence-electron chi connectivity index (χ1n) is 24.6. The molecule has 0 aromatic carbocycles. The van der Waals surface area contributed by atoms with Gasteiger partial charge in [-0.05, 0) is 57.8 Å². The molecule has 0 spiro atoms. The zero-order valence-electron chi connectivity index (χ0n) is 38.3. The van der Waals surface area contributed by atoms with E-state index in [0.29, 0.717) is 19.3 Å². The monoisotopic (exact) mass is 813 g/mol. The molecule has 0 heterocycles. The van der Waals surface area contributed by atoms with Gasteiger partial charge in [0.2, 0.25) is 0 Å². The Bertz CT molecular complexity index is 1030. The van der Waals surface area contributed by atoms with Crippen molar-refractivity contribution in [1.82, 2.24) is 0 Å². The summed E-state index contributed by atoms with van der Waals surface area (Å²) >= 11 is 0. The summed E-state index contributed by atoms with van der Waals surface area (Å²) in [7, 11) is 0. The molecule has 1 atom stereocenters. The lowest BCUT2D eigenvalue weighted by atomic mass is 10.0. The summed E-state index contributed by atoms with van der Waals surface area (Å²) < 4.78 is 16.7. The number of hydrogen-bond acceptors (Lipinski definition) is 6. The molecule has 0 bridgehead atoms. The highest BCUT2D eigenvalue weighted by Crippen LogP contribution is 2.15. The predicted octanol–water partition coefficient (Wildman–Crippen LogP) is 15.9. The molecule has 58 heavy (non-hydrogen) atoms. The van der Waals surface area contributed by atoms with E-state index in [1.54, 1.807) is 0 Å². The van der Waals surface area contributed by atoms with Crippen LogP contribution in [0.3, 0.4) is 0 Å². The van der Waals surface area contributed by atoms with Crippen molar-refractivity contribution in [3.05, 3.63) is 48.6 Å². The first-order valence-corrected chi connectivity index (χ1v) is 24.6. The minimum Gasteiger partial charge on any atom is -0.462 e. The third-order valence-electron chi connectivity index (χ3n) is 10.6. The molecule has 0 saturated heterocycles. The maximum atomic E-state index is 12.7. The van der Waals surface area contributed by atoms with Crippen LogP contribution in [0.4, 0.5) is 0 Å². The summed E-state index contributed by atoms with van der Waals surface area (Å²) in [5.74, 6) is -0.891. The van der Waals surface area contributed by atoms with Gasteiger partial charge in [-0.15, -0.1) is 0 Å². The van der Waals surface area contributed by atoms with E-state index >= 15 is 0 Å². The van der Waals surface area contributed by atoms with Crippen LogP contribution < -0.4 is 0 Å². The zero-order chi connectivity index (χ0) is 42.3. The Labute approximate surface area is 358 Å². The fourth-order valence-corrected chi connectivity index (χ4v) is 6.90. The average Bonchev–Trinajstić information content (AvgIpc) is 3.22. The third kappa shape index (κ3) is 44.5. The van der Waals surface area contributed by atoms with Gasteiger partial charge in [-0.2, -0.15) is 0 Å². The zero-order valence-corrected chi connectivity index (χ0v) is 38.3. The molecule has 0 saturated carbocycles. The molecular weight excluding hydrogens is 721 g/mol. The van der Waals surface area contributed by atoms with Gasteiger partial charge in [0.15, 0.2) is 6.10 Å². The first-order chi connectivity index (χ1) is 28.5. The number of ether oxygens (including phenoxy) is 3. The van der Waals surface area contributed by atoms with Crippen molar-refractivity contribution in [3.8, 4) is 0 Å². The van der Waals surface area contributed by atoms with Crippen molar-refractivity contribution in [1.29, 1.82) is 0 Å². The Balaban J connectivity index is 4.27. The molecule has 0 aromatic heterocycles. The summed E-state index contributed by atoms with van der Waals surface area (Å²) in [6.45, 7) is 6.48. The van der Waals surface area contributed by atoms with Gasteiger partial charge in [0.25, 0.3) is 0 Å². The largest absolute Gasteiger partial charge is 0.462 e. The fraction of sp³-hybridized carbons (Fsp3) is 0.788. The summed E-state index contributed by atoms with van der Waals surface area (Å²) in [5, 5.41) is 0. The van der Waals surface area contributed by atoms with Gasteiger partial charge in [0.05, 0.1) is 0 Å². The summed E-state index contributed by atoms with van der Waals surface area (Å²) in [6.07, 6.45) is 55.3. The van der Waals surface area contributed by atoms with E-state index in [9.17, 15) is 14.4 Å². The molecule has 0 aliphatic carbocycles. The smallest absolute Gasteiger partial charge is 0.306 e. The van der Waals surface area contributed by atoms with Crippen molar-refractivity contribution in [2.45, 2.75) is 252 Å². The summed E-state index contributed by atoms with van der Waals surface area (Å²) in [4.78, 5) is 37.7. The summed E-state index contributed by atoms with van der Waals surface area (Å²) in [5.41, 5.74) is 0. The lowest BCUT2D eigenvalue weighted by Crippen LogP contribution is -2.30. The second-order valence-electron chi connectivity index (χ2n) is 16.4. The number of unbranched alkanes of at least 4 members (excludes halogenated alkanes) is 25. The lowest BCUT2D eigenvalue weighted by Gasteiger charge is -2.18. The van der Waals surface area contributed by atoms with E-state index < -0.39 is 6.10 Å². The van der Waals surface area contributed by atoms with Gasteiger partial charge in [-0.3, -0.25) is 14.4 Å². The van der Waals surface area contributed by atoms with Gasteiger partial charge < -0.3 is 14.2 Å². The van der Waals surface area contributed by atoms with Gasteiger partial charge in [-0.1, -0.05) is 217 Å². The van der Waals surface area contributed by atoms with Crippen LogP contribution >= 0.6 is 0 Å². The van der Waals surface area contributed by atoms with Gasteiger partial charge >= 0.3 is 17.9 Å². The quantitative estimate of drug-likeness (QED) is 0.0264. The fourth-order valence-electron chi connectivity index (χ4n) is 6.90. The number of esters is 3. The van der Waals surface area contributed by atoms with Crippen LogP contribution in [-0.4, -0.2) is 37.2 Å². The van der Waals surface area contributed by atoms with Gasteiger partial charge in [0, 0.05) is 19.3 Å². The first kappa shape index (κ1) is 55.4. The van der Waals surface area contributed by atoms with E-state index in [2.05, 4.69) is 69.4 Å². The van der Waals surface area contributed by atoms with Crippen molar-refractivity contribution >= 4 is 17.9 Å². The molecule has 0 aliphatic heterocycles. The van der Waals surface area contributed by atoms with E-state index in [4.69, 9.17) is 14.2 Å². The van der Waals surface area contributed by atoms with Gasteiger partial charge in [-0.25, -0.2) is 0 Å². The van der Waals surface area contributed by atoms with Crippen LogP contribution in [0.2, 0.25) is 0 Å². The SMILES string of the molecule is CC/C=C\C/C=C\C/C=C\C/C=C\CCCCCCCCC(=O)OCC(COC(=O)CCCCCCCCC)OC(=O)CCCCCCCCCCCCCCCC. The molecule has 0 rings (SSSR count). The Kier molecular flexibility index (Phi) is 44.9. The normalized spacial score (nSPS) is 12.4. The van der Waals surface area contributed by atoms with Crippen LogP contribution in [0.5, 0.6) is 0 Å². The molecular formula is C52H92O6. The Morgan fingerprint density at radius 1 is 0.362 bits per heavy atom. The highest BCUT2D eigenvalue weighted by molar-refractivity contribution is 5.71. The van der Waals surface area contributed by atoms with E-state index in [0.717, 1.165) is 89.9 Å². The van der Waals surface area contributed by atoms with Crippen LogP contribution in [0.15, 0.2) is 48.6 Å². The van der Waals surface area contributed by atoms with Crippen LogP contribution in [-0.2, 0) is 28.6 Å². The highest BCUT2D eigenvalue weighted by Gasteiger charge is 2.19. The topological polar surface area (TPSA) is 78.9 Å². The molecule has 0 aromatic rings. The van der Waals surface area contributed by atoms with Crippen LogP contribution in [0, 0.1) is 0 Å². The molecule has 0 radical (unpaired) electrons. The molecule has 0 amide bonds. The lowest BCUT2D eigenvalue weighted by molar-refractivity contribution is -0.167. The molecule has 6 nitrogen and oxygen atoms in total. The Morgan fingerprint density at radius 2 is 0.672 bits per heavy atom. The number of allylic oxidation sites excluding steroid dienone is 8. The Hall–Kier alpha value is -2.63. The molecule has 0 fully saturated rings. The number of hydrogen-bond donors (Lipinski definition) is 0. The minimum absolute atomic E-state index is 0.0754. The molecule has 0 aliphatic rings. The van der Waals surface area contributed by atoms with Crippen LogP contribution in [0.1, 0.15) is 245 Å². The Morgan fingerprint density at radius 3 is 1.05 bits per heavy atom. The predicted molar refractivity (Wildman–Crippen MR) is 247 cm³/mol. The van der Waals surface area contributed by atoms with E-state index in [1.807, 2.05) is 0 Å². The second-order valence-corrected chi connectivity index (χ2v) is 16.4. The number of carbonyl (C=O) groups is 3. The van der Waals surface area contributed by atoms with Crippen molar-refractivity contribution < 1.29 is 28.6 Å². The number of rotatable bonds is 44. The molecule has 0 N–H and O–H groups in total. The standard InChI is InChI=1S/C52H92O6/c1-4-7-10-13-16-18-20-22-24-25-26-27-28-30-31-33-36-39-42-45-51(54)57-48-49(47-56-50(53)44-41-38-35-15-12-9-6-3)58-52(55)46-43-40-37-34-32-29-23-21-19-17-14-11-8-5-2/h7,10,16,18,22,24,26-27,49H,4-6,8-9,11-15,17,19-21,23,25,28-48H2,1-3H3/b10-7-,18-16-,24-22-,27-26-. The van der Waals surface area contributed by atoms with Crippen LogP contribution in [0.25, 0.3) is 0 Å². The number of carbonyl (C=O) groups excluding carboxylic acids is 3. The molecule has 336 valence electrons. The van der Waals surface area contributed by atoms with Crippen molar-refractivity contribution in [3.63, 3.8) is 0 Å². The maximum absolute atomic E-state index is 12.7.